The molecule has 1 N–H and O–H groups in total. The van der Waals surface area contributed by atoms with E-state index in [2.05, 4.69) is 17.1 Å². The van der Waals surface area contributed by atoms with Crippen LogP contribution >= 0.6 is 11.3 Å². The van der Waals surface area contributed by atoms with Crippen LogP contribution in [0.5, 0.6) is 0 Å². The SMILES string of the molecule is O=C(c1csc(Cc2ccccc2)n1)N1CCO[C@H]2C[C@H](CO)C[C@@H]21. The third-order valence-electron chi connectivity index (χ3n) is 5.12. The second-order valence-corrected chi connectivity index (χ2v) is 7.73. The van der Waals surface area contributed by atoms with Gasteiger partial charge in [0.25, 0.3) is 5.91 Å². The molecule has 6 heteroatoms. The van der Waals surface area contributed by atoms with Crippen molar-refractivity contribution in [3.05, 3.63) is 52.0 Å². The fourth-order valence-electron chi connectivity index (χ4n) is 3.86. The molecule has 1 aliphatic heterocycles. The Hall–Kier alpha value is -1.76. The van der Waals surface area contributed by atoms with Crippen LogP contribution < -0.4 is 0 Å². The minimum atomic E-state index is -0.00699. The fourth-order valence-corrected chi connectivity index (χ4v) is 4.66. The molecule has 132 valence electrons. The molecule has 3 atom stereocenters. The number of benzene rings is 1. The van der Waals surface area contributed by atoms with Crippen molar-refractivity contribution in [2.75, 3.05) is 19.8 Å². The van der Waals surface area contributed by atoms with Crippen LogP contribution in [0.1, 0.15) is 33.9 Å². The second-order valence-electron chi connectivity index (χ2n) is 6.78. The first kappa shape index (κ1) is 16.7. The van der Waals surface area contributed by atoms with Crippen molar-refractivity contribution < 1.29 is 14.6 Å². The average molecular weight is 358 g/mol. The predicted molar refractivity (Wildman–Crippen MR) is 95.7 cm³/mol. The molecule has 2 aromatic rings. The molecule has 0 radical (unpaired) electrons. The van der Waals surface area contributed by atoms with Crippen molar-refractivity contribution in [2.45, 2.75) is 31.4 Å². The Bertz CT molecular complexity index is 733. The number of fused-ring (bicyclic) bond motifs is 1. The number of rotatable bonds is 4. The van der Waals surface area contributed by atoms with Crippen LogP contribution in [0.3, 0.4) is 0 Å². The van der Waals surface area contributed by atoms with E-state index in [4.69, 9.17) is 4.74 Å². The maximum Gasteiger partial charge on any atom is 0.273 e. The van der Waals surface area contributed by atoms with Gasteiger partial charge >= 0.3 is 0 Å². The number of carbonyl (C=O) groups is 1. The van der Waals surface area contributed by atoms with Crippen LogP contribution in [0.4, 0.5) is 0 Å². The van der Waals surface area contributed by atoms with Crippen molar-refractivity contribution in [1.82, 2.24) is 9.88 Å². The van der Waals surface area contributed by atoms with Crippen molar-refractivity contribution in [3.63, 3.8) is 0 Å². The first-order valence-electron chi connectivity index (χ1n) is 8.76. The number of aliphatic hydroxyl groups is 1. The number of morpholine rings is 1. The lowest BCUT2D eigenvalue weighted by Gasteiger charge is -2.37. The molecular formula is C19H22N2O3S. The quantitative estimate of drug-likeness (QED) is 0.911. The summed E-state index contributed by atoms with van der Waals surface area (Å²) in [6, 6.07) is 10.2. The van der Waals surface area contributed by atoms with Gasteiger partial charge in [0, 0.05) is 25.0 Å². The van der Waals surface area contributed by atoms with E-state index in [1.54, 1.807) is 0 Å². The van der Waals surface area contributed by atoms with E-state index < -0.39 is 0 Å². The molecular weight excluding hydrogens is 336 g/mol. The Morgan fingerprint density at radius 3 is 2.96 bits per heavy atom. The van der Waals surface area contributed by atoms with Gasteiger partial charge in [-0.1, -0.05) is 30.3 Å². The normalized spacial score (nSPS) is 25.8. The van der Waals surface area contributed by atoms with E-state index >= 15 is 0 Å². The highest BCUT2D eigenvalue weighted by molar-refractivity contribution is 7.09. The topological polar surface area (TPSA) is 62.7 Å². The van der Waals surface area contributed by atoms with Crippen LogP contribution in [-0.4, -0.2) is 52.8 Å². The van der Waals surface area contributed by atoms with Gasteiger partial charge in [-0.25, -0.2) is 4.98 Å². The highest BCUT2D eigenvalue weighted by Crippen LogP contribution is 2.34. The van der Waals surface area contributed by atoms with Gasteiger partial charge in [-0.05, 0) is 24.3 Å². The van der Waals surface area contributed by atoms with E-state index in [9.17, 15) is 9.90 Å². The summed E-state index contributed by atoms with van der Waals surface area (Å²) < 4.78 is 5.81. The zero-order valence-corrected chi connectivity index (χ0v) is 14.8. The van der Waals surface area contributed by atoms with Gasteiger partial charge in [-0.3, -0.25) is 4.79 Å². The average Bonchev–Trinajstić information content (AvgIpc) is 3.28. The molecule has 5 nitrogen and oxygen atoms in total. The number of amides is 1. The molecule has 4 rings (SSSR count). The van der Waals surface area contributed by atoms with Gasteiger partial charge in [-0.15, -0.1) is 11.3 Å². The fraction of sp³-hybridized carbons (Fsp3) is 0.474. The summed E-state index contributed by atoms with van der Waals surface area (Å²) in [6.45, 7) is 1.33. The largest absolute Gasteiger partial charge is 0.396 e. The van der Waals surface area contributed by atoms with Crippen molar-refractivity contribution in [1.29, 1.82) is 0 Å². The first-order chi connectivity index (χ1) is 12.2. The minimum absolute atomic E-state index is 0.00699. The zero-order valence-electron chi connectivity index (χ0n) is 14.0. The van der Waals surface area contributed by atoms with Gasteiger partial charge in [-0.2, -0.15) is 0 Å². The molecule has 1 aliphatic carbocycles. The minimum Gasteiger partial charge on any atom is -0.396 e. The highest BCUT2D eigenvalue weighted by atomic mass is 32.1. The Labute approximate surface area is 151 Å². The van der Waals surface area contributed by atoms with Crippen molar-refractivity contribution >= 4 is 17.2 Å². The number of thiazole rings is 1. The van der Waals surface area contributed by atoms with Crippen LogP contribution in [0.15, 0.2) is 35.7 Å². The van der Waals surface area contributed by atoms with E-state index in [-0.39, 0.29) is 30.6 Å². The molecule has 1 aromatic heterocycles. The lowest BCUT2D eigenvalue weighted by Crippen LogP contribution is -2.51. The smallest absolute Gasteiger partial charge is 0.273 e. The number of ether oxygens (including phenoxy) is 1. The lowest BCUT2D eigenvalue weighted by molar-refractivity contribution is -0.0450. The molecule has 1 saturated carbocycles. The molecule has 25 heavy (non-hydrogen) atoms. The third kappa shape index (κ3) is 3.47. The number of nitrogens with zero attached hydrogens (tertiary/aromatic N) is 2. The predicted octanol–water partition coefficient (Wildman–Crippen LogP) is 2.35. The summed E-state index contributed by atoms with van der Waals surface area (Å²) in [5, 5.41) is 12.3. The van der Waals surface area contributed by atoms with Gasteiger partial charge < -0.3 is 14.7 Å². The van der Waals surface area contributed by atoms with Crippen LogP contribution in [0.25, 0.3) is 0 Å². The molecule has 0 spiro atoms. The van der Waals surface area contributed by atoms with Crippen molar-refractivity contribution in [2.24, 2.45) is 5.92 Å². The Balaban J connectivity index is 1.47. The molecule has 0 bridgehead atoms. The third-order valence-corrected chi connectivity index (χ3v) is 5.97. The summed E-state index contributed by atoms with van der Waals surface area (Å²) in [5.74, 6) is 0.222. The number of carbonyl (C=O) groups excluding carboxylic acids is 1. The zero-order chi connectivity index (χ0) is 17.2. The summed E-state index contributed by atoms with van der Waals surface area (Å²) in [6.07, 6.45) is 2.45. The van der Waals surface area contributed by atoms with E-state index in [1.807, 2.05) is 28.5 Å². The number of aliphatic hydroxyl groups excluding tert-OH is 1. The van der Waals surface area contributed by atoms with E-state index in [0.29, 0.717) is 18.8 Å². The molecule has 2 heterocycles. The Morgan fingerprint density at radius 2 is 2.16 bits per heavy atom. The van der Waals surface area contributed by atoms with Gasteiger partial charge in [0.05, 0.1) is 23.8 Å². The van der Waals surface area contributed by atoms with Crippen LogP contribution in [-0.2, 0) is 11.2 Å². The molecule has 0 unspecified atom stereocenters. The molecule has 1 saturated heterocycles. The highest BCUT2D eigenvalue weighted by Gasteiger charge is 2.43. The van der Waals surface area contributed by atoms with Crippen LogP contribution in [0.2, 0.25) is 0 Å². The Morgan fingerprint density at radius 1 is 1.32 bits per heavy atom. The van der Waals surface area contributed by atoms with Gasteiger partial charge in [0.1, 0.15) is 5.69 Å². The summed E-state index contributed by atoms with van der Waals surface area (Å²) in [5.41, 5.74) is 1.73. The Kier molecular flexibility index (Phi) is 4.83. The van der Waals surface area contributed by atoms with Gasteiger partial charge in [0.2, 0.25) is 0 Å². The van der Waals surface area contributed by atoms with Gasteiger partial charge in [0.15, 0.2) is 0 Å². The molecule has 1 amide bonds. The number of hydrogen-bond acceptors (Lipinski definition) is 5. The number of aromatic nitrogens is 1. The van der Waals surface area contributed by atoms with Crippen LogP contribution in [0, 0.1) is 5.92 Å². The number of hydrogen-bond donors (Lipinski definition) is 1. The van der Waals surface area contributed by atoms with E-state index in [0.717, 1.165) is 24.3 Å². The summed E-state index contributed by atoms with van der Waals surface area (Å²) in [4.78, 5) is 19.4. The maximum absolute atomic E-state index is 13.0. The van der Waals surface area contributed by atoms with Crippen molar-refractivity contribution in [3.8, 4) is 0 Å². The first-order valence-corrected chi connectivity index (χ1v) is 9.64. The standard InChI is InChI=1S/C19H22N2O3S/c22-11-14-8-16-17(9-14)24-7-6-21(16)19(23)15-12-25-18(20-15)10-13-4-2-1-3-5-13/h1-5,12,14,16-17,22H,6-11H2/t14-,16+,17+/m1/s1. The second kappa shape index (κ2) is 7.23. The molecule has 2 aliphatic rings. The molecule has 2 fully saturated rings. The molecule has 1 aromatic carbocycles. The summed E-state index contributed by atoms with van der Waals surface area (Å²) >= 11 is 1.54. The van der Waals surface area contributed by atoms with E-state index in [1.165, 1.54) is 16.9 Å². The maximum atomic E-state index is 13.0. The summed E-state index contributed by atoms with van der Waals surface area (Å²) in [7, 11) is 0. The lowest BCUT2D eigenvalue weighted by atomic mass is 10.1. The monoisotopic (exact) mass is 358 g/mol.